The van der Waals surface area contributed by atoms with E-state index < -0.39 is 23.2 Å². The molecule has 23 heavy (non-hydrogen) atoms. The predicted molar refractivity (Wildman–Crippen MR) is 83.9 cm³/mol. The Morgan fingerprint density at radius 3 is 2.65 bits per heavy atom. The number of ether oxygens (including phenoxy) is 2. The summed E-state index contributed by atoms with van der Waals surface area (Å²) < 4.78 is 9.55. The van der Waals surface area contributed by atoms with Crippen molar-refractivity contribution in [2.45, 2.75) is 13.0 Å². The summed E-state index contributed by atoms with van der Waals surface area (Å²) in [5, 5.41) is 9.02. The van der Waals surface area contributed by atoms with E-state index in [1.165, 1.54) is 39.4 Å². The summed E-state index contributed by atoms with van der Waals surface area (Å²) in [5.41, 5.74) is 0.580. The minimum atomic E-state index is -0.993. The molecule has 1 aliphatic heterocycles. The number of carbonyl (C=O) groups excluding carboxylic acids is 3. The van der Waals surface area contributed by atoms with Gasteiger partial charge in [0.25, 0.3) is 11.1 Å². The molecule has 0 saturated carbocycles. The monoisotopic (exact) mass is 337 g/mol. The number of hydrogen-bond donors (Lipinski definition) is 1. The Hall–Kier alpha value is -2.48. The standard InChI is InChI=1S/C15H15NO6S/c1-8(14(19)22-3)16-13(18)12(23-15(16)20)7-9-4-5-10(17)11(6-9)21-2/h4-8,17H,1-3H3/b12-7+/t8-/m1/s1. The number of hydrogen-bond acceptors (Lipinski definition) is 7. The van der Waals surface area contributed by atoms with Crippen LogP contribution >= 0.6 is 11.8 Å². The lowest BCUT2D eigenvalue weighted by Gasteiger charge is -2.18. The Kier molecular flexibility index (Phi) is 4.95. The molecule has 8 heteroatoms. The normalized spacial score (nSPS) is 17.5. The number of nitrogens with zero attached hydrogens (tertiary/aromatic N) is 1. The van der Waals surface area contributed by atoms with E-state index in [9.17, 15) is 19.5 Å². The molecule has 2 amide bonds. The molecule has 1 saturated heterocycles. The number of imide groups is 1. The van der Waals surface area contributed by atoms with E-state index in [4.69, 9.17) is 4.74 Å². The van der Waals surface area contributed by atoms with Crippen molar-refractivity contribution >= 4 is 35.0 Å². The van der Waals surface area contributed by atoms with Gasteiger partial charge < -0.3 is 14.6 Å². The molecule has 1 N–H and O–H groups in total. The highest BCUT2D eigenvalue weighted by atomic mass is 32.2. The fourth-order valence-corrected chi connectivity index (χ4v) is 2.93. The summed E-state index contributed by atoms with van der Waals surface area (Å²) in [6, 6.07) is 3.54. The van der Waals surface area contributed by atoms with Gasteiger partial charge in [-0.25, -0.2) is 4.79 Å². The molecule has 0 bridgehead atoms. The Morgan fingerprint density at radius 1 is 1.35 bits per heavy atom. The third kappa shape index (κ3) is 3.31. The van der Waals surface area contributed by atoms with Gasteiger partial charge in [0.15, 0.2) is 11.5 Å². The number of rotatable bonds is 4. The SMILES string of the molecule is COC(=O)[C@@H](C)N1C(=O)S/C(=C/c2ccc(O)c(OC)c2)C1=O. The largest absolute Gasteiger partial charge is 0.504 e. The first-order chi connectivity index (χ1) is 10.9. The van der Waals surface area contributed by atoms with Gasteiger partial charge in [-0.1, -0.05) is 6.07 Å². The predicted octanol–water partition coefficient (Wildman–Crippen LogP) is 2.00. The van der Waals surface area contributed by atoms with Crippen LogP contribution < -0.4 is 4.74 Å². The van der Waals surface area contributed by atoms with Gasteiger partial charge in [0.2, 0.25) is 0 Å². The third-order valence-corrected chi connectivity index (χ3v) is 4.14. The number of methoxy groups -OCH3 is 2. The Labute approximate surface area is 136 Å². The number of benzene rings is 1. The second kappa shape index (κ2) is 6.74. The van der Waals surface area contributed by atoms with Crippen LogP contribution in [0.4, 0.5) is 4.79 Å². The van der Waals surface area contributed by atoms with Gasteiger partial charge in [0, 0.05) is 0 Å². The zero-order valence-electron chi connectivity index (χ0n) is 12.7. The van der Waals surface area contributed by atoms with E-state index in [0.29, 0.717) is 5.56 Å². The number of esters is 1. The molecule has 0 aliphatic carbocycles. The van der Waals surface area contributed by atoms with E-state index >= 15 is 0 Å². The van der Waals surface area contributed by atoms with Crippen LogP contribution in [0.3, 0.4) is 0 Å². The van der Waals surface area contributed by atoms with E-state index in [1.54, 1.807) is 6.07 Å². The number of phenolic OH excluding ortho intramolecular Hbond substituents is 1. The summed E-state index contributed by atoms with van der Waals surface area (Å²) >= 11 is 0.738. The average molecular weight is 337 g/mol. The van der Waals surface area contributed by atoms with E-state index in [1.807, 2.05) is 0 Å². The number of phenols is 1. The number of carbonyl (C=O) groups is 3. The molecule has 1 aromatic carbocycles. The van der Waals surface area contributed by atoms with E-state index in [2.05, 4.69) is 4.74 Å². The summed E-state index contributed by atoms with van der Waals surface area (Å²) in [4.78, 5) is 36.9. The van der Waals surface area contributed by atoms with E-state index in [-0.39, 0.29) is 16.4 Å². The molecule has 122 valence electrons. The van der Waals surface area contributed by atoms with Crippen LogP contribution in [0, 0.1) is 0 Å². The first-order valence-electron chi connectivity index (χ1n) is 6.61. The molecule has 1 heterocycles. The first-order valence-corrected chi connectivity index (χ1v) is 7.42. The second-order valence-electron chi connectivity index (χ2n) is 4.68. The van der Waals surface area contributed by atoms with Crippen LogP contribution in [0.5, 0.6) is 11.5 Å². The first kappa shape index (κ1) is 16.9. The van der Waals surface area contributed by atoms with Crippen LogP contribution in [-0.2, 0) is 14.3 Å². The topological polar surface area (TPSA) is 93.1 Å². The lowest BCUT2D eigenvalue weighted by atomic mass is 10.2. The fraction of sp³-hybridized carbons (Fsp3) is 0.267. The van der Waals surface area contributed by atoms with Crippen LogP contribution in [0.25, 0.3) is 6.08 Å². The quantitative estimate of drug-likeness (QED) is 0.663. The molecule has 1 fully saturated rings. The zero-order chi connectivity index (χ0) is 17.1. The van der Waals surface area contributed by atoms with Gasteiger partial charge in [-0.2, -0.15) is 0 Å². The summed E-state index contributed by atoms with van der Waals surface area (Å²) in [7, 11) is 2.60. The molecule has 2 rings (SSSR count). The van der Waals surface area contributed by atoms with Gasteiger partial charge in [-0.05, 0) is 42.5 Å². The smallest absolute Gasteiger partial charge is 0.328 e. The maximum atomic E-state index is 12.3. The molecule has 0 aromatic heterocycles. The van der Waals surface area contributed by atoms with Crippen molar-refractivity contribution in [3.63, 3.8) is 0 Å². The Balaban J connectivity index is 2.30. The van der Waals surface area contributed by atoms with Crippen LogP contribution in [0.2, 0.25) is 0 Å². The van der Waals surface area contributed by atoms with Crippen LogP contribution in [0.1, 0.15) is 12.5 Å². The minimum absolute atomic E-state index is 0.0305. The highest BCUT2D eigenvalue weighted by Gasteiger charge is 2.41. The molecule has 7 nitrogen and oxygen atoms in total. The van der Waals surface area contributed by atoms with Gasteiger partial charge in [-0.15, -0.1) is 0 Å². The fourth-order valence-electron chi connectivity index (χ4n) is 2.03. The third-order valence-electron chi connectivity index (χ3n) is 3.25. The lowest BCUT2D eigenvalue weighted by molar-refractivity contribution is -0.148. The molecule has 1 aliphatic rings. The van der Waals surface area contributed by atoms with Gasteiger partial charge in [-0.3, -0.25) is 14.5 Å². The molecule has 1 atom stereocenters. The number of amides is 2. The van der Waals surface area contributed by atoms with Crippen molar-refractivity contribution in [3.05, 3.63) is 28.7 Å². The summed E-state index contributed by atoms with van der Waals surface area (Å²) in [6.45, 7) is 1.43. The second-order valence-corrected chi connectivity index (χ2v) is 5.68. The number of aromatic hydroxyl groups is 1. The van der Waals surface area contributed by atoms with Gasteiger partial charge in [0.05, 0.1) is 19.1 Å². The van der Waals surface area contributed by atoms with Crippen molar-refractivity contribution in [2.24, 2.45) is 0 Å². The molecule has 0 spiro atoms. The van der Waals surface area contributed by atoms with Crippen molar-refractivity contribution in [1.29, 1.82) is 0 Å². The molecular weight excluding hydrogens is 322 g/mol. The van der Waals surface area contributed by atoms with Gasteiger partial charge in [0.1, 0.15) is 6.04 Å². The van der Waals surface area contributed by atoms with Crippen LogP contribution in [0.15, 0.2) is 23.1 Å². The summed E-state index contributed by atoms with van der Waals surface area (Å²) in [5.74, 6) is -1.01. The highest BCUT2D eigenvalue weighted by molar-refractivity contribution is 8.18. The highest BCUT2D eigenvalue weighted by Crippen LogP contribution is 2.35. The Morgan fingerprint density at radius 2 is 2.04 bits per heavy atom. The maximum absolute atomic E-state index is 12.3. The van der Waals surface area contributed by atoms with Gasteiger partial charge >= 0.3 is 5.97 Å². The molecule has 1 aromatic rings. The lowest BCUT2D eigenvalue weighted by Crippen LogP contribution is -2.42. The van der Waals surface area contributed by atoms with Crippen molar-refractivity contribution in [3.8, 4) is 11.5 Å². The molecule has 0 radical (unpaired) electrons. The summed E-state index contributed by atoms with van der Waals surface area (Å²) in [6.07, 6.45) is 1.50. The zero-order valence-corrected chi connectivity index (χ0v) is 13.5. The van der Waals surface area contributed by atoms with E-state index in [0.717, 1.165) is 16.7 Å². The average Bonchev–Trinajstić information content (AvgIpc) is 2.81. The minimum Gasteiger partial charge on any atom is -0.504 e. The van der Waals surface area contributed by atoms with Crippen molar-refractivity contribution < 1.29 is 29.0 Å². The Bertz CT molecular complexity index is 699. The number of thioether (sulfide) groups is 1. The molecule has 0 unspecified atom stereocenters. The van der Waals surface area contributed by atoms with Crippen molar-refractivity contribution in [2.75, 3.05) is 14.2 Å². The maximum Gasteiger partial charge on any atom is 0.328 e. The van der Waals surface area contributed by atoms with Crippen molar-refractivity contribution in [1.82, 2.24) is 4.90 Å². The van der Waals surface area contributed by atoms with Crippen LogP contribution in [-0.4, -0.2) is 47.4 Å². The molecular formula is C15H15NO6S.